The van der Waals surface area contributed by atoms with Crippen LogP contribution in [-0.4, -0.2) is 62.1 Å². The molecule has 4 heteroatoms. The molecule has 2 aromatic rings. The Kier molecular flexibility index (Phi) is 6.86. The minimum absolute atomic E-state index is 0.0758. The summed E-state index contributed by atoms with van der Waals surface area (Å²) >= 11 is 0. The number of carbonyl (C=O) groups excluding carboxylic acids is 1. The molecular formula is C23H28N2O2. The van der Waals surface area contributed by atoms with Crippen LogP contribution < -0.4 is 0 Å². The molecule has 0 aliphatic carbocycles. The van der Waals surface area contributed by atoms with Gasteiger partial charge in [-0.1, -0.05) is 36.3 Å². The Morgan fingerprint density at radius 1 is 1.30 bits per heavy atom. The van der Waals surface area contributed by atoms with E-state index in [1.54, 1.807) is 7.11 Å². The van der Waals surface area contributed by atoms with Crippen molar-refractivity contribution in [2.75, 3.05) is 46.4 Å². The van der Waals surface area contributed by atoms with Crippen LogP contribution in [0.3, 0.4) is 0 Å². The molecule has 0 aromatic heterocycles. The molecule has 0 saturated carbocycles. The predicted octanol–water partition coefficient (Wildman–Crippen LogP) is 3.27. The van der Waals surface area contributed by atoms with E-state index in [0.29, 0.717) is 25.6 Å². The molecule has 0 N–H and O–H groups in total. The molecule has 1 amide bonds. The van der Waals surface area contributed by atoms with Crippen LogP contribution in [0.4, 0.5) is 0 Å². The number of ether oxygens (including phenoxy) is 1. The fourth-order valence-corrected chi connectivity index (χ4v) is 3.87. The first kappa shape index (κ1) is 19.4. The van der Waals surface area contributed by atoms with E-state index in [9.17, 15) is 4.79 Å². The molecule has 0 bridgehead atoms. The SMILES string of the molecule is C#CCN1CCC[C@H](CN(CCOC)C(=O)c2ccc3ccccc3c2)C1. The number of terminal acetylenes is 1. The number of amides is 1. The highest BCUT2D eigenvalue weighted by atomic mass is 16.5. The second-order valence-corrected chi connectivity index (χ2v) is 7.25. The zero-order valence-electron chi connectivity index (χ0n) is 16.1. The Hall–Kier alpha value is -2.35. The lowest BCUT2D eigenvalue weighted by Crippen LogP contribution is -2.44. The summed E-state index contributed by atoms with van der Waals surface area (Å²) in [6, 6.07) is 14.1. The molecule has 2 aromatic carbocycles. The zero-order chi connectivity index (χ0) is 19.1. The van der Waals surface area contributed by atoms with Gasteiger partial charge >= 0.3 is 0 Å². The largest absolute Gasteiger partial charge is 0.383 e. The molecule has 0 radical (unpaired) electrons. The number of hydrogen-bond acceptors (Lipinski definition) is 3. The summed E-state index contributed by atoms with van der Waals surface area (Å²) < 4.78 is 5.25. The topological polar surface area (TPSA) is 32.8 Å². The van der Waals surface area contributed by atoms with Crippen LogP contribution in [-0.2, 0) is 4.74 Å². The first-order valence-corrected chi connectivity index (χ1v) is 9.64. The maximum Gasteiger partial charge on any atom is 0.253 e. The van der Waals surface area contributed by atoms with Crippen molar-refractivity contribution in [1.29, 1.82) is 0 Å². The van der Waals surface area contributed by atoms with Gasteiger partial charge < -0.3 is 9.64 Å². The van der Waals surface area contributed by atoms with Crippen molar-refractivity contribution in [3.8, 4) is 12.3 Å². The van der Waals surface area contributed by atoms with E-state index in [4.69, 9.17) is 11.2 Å². The lowest BCUT2D eigenvalue weighted by atomic mass is 9.97. The number of rotatable bonds is 7. The summed E-state index contributed by atoms with van der Waals surface area (Å²) in [5, 5.41) is 2.24. The number of nitrogens with zero attached hydrogens (tertiary/aromatic N) is 2. The number of carbonyl (C=O) groups is 1. The van der Waals surface area contributed by atoms with Crippen LogP contribution in [0.5, 0.6) is 0 Å². The normalized spacial score (nSPS) is 17.6. The third kappa shape index (κ3) is 5.09. The maximum absolute atomic E-state index is 13.2. The van der Waals surface area contributed by atoms with Crippen molar-refractivity contribution in [2.45, 2.75) is 12.8 Å². The summed E-state index contributed by atoms with van der Waals surface area (Å²) in [5.74, 6) is 3.26. The molecule has 0 unspecified atom stereocenters. The van der Waals surface area contributed by atoms with Crippen molar-refractivity contribution in [1.82, 2.24) is 9.80 Å². The number of benzene rings is 2. The van der Waals surface area contributed by atoms with Gasteiger partial charge in [-0.3, -0.25) is 9.69 Å². The summed E-state index contributed by atoms with van der Waals surface area (Å²) in [7, 11) is 1.67. The lowest BCUT2D eigenvalue weighted by Gasteiger charge is -2.35. The maximum atomic E-state index is 13.2. The molecular weight excluding hydrogens is 336 g/mol. The number of methoxy groups -OCH3 is 1. The summed E-state index contributed by atoms with van der Waals surface area (Å²) in [6.07, 6.45) is 7.74. The fraction of sp³-hybridized carbons (Fsp3) is 0.435. The average molecular weight is 364 g/mol. The third-order valence-corrected chi connectivity index (χ3v) is 5.25. The van der Waals surface area contributed by atoms with E-state index in [1.807, 2.05) is 41.3 Å². The van der Waals surface area contributed by atoms with Crippen LogP contribution in [0.1, 0.15) is 23.2 Å². The minimum Gasteiger partial charge on any atom is -0.383 e. The van der Waals surface area contributed by atoms with Crippen LogP contribution >= 0.6 is 0 Å². The number of likely N-dealkylation sites (tertiary alicyclic amines) is 1. The van der Waals surface area contributed by atoms with E-state index in [2.05, 4.69) is 16.9 Å². The Bertz CT molecular complexity index is 811. The monoisotopic (exact) mass is 364 g/mol. The van der Waals surface area contributed by atoms with E-state index in [-0.39, 0.29) is 5.91 Å². The van der Waals surface area contributed by atoms with E-state index in [0.717, 1.165) is 48.8 Å². The Morgan fingerprint density at radius 3 is 2.89 bits per heavy atom. The molecule has 1 aliphatic rings. The van der Waals surface area contributed by atoms with Crippen molar-refractivity contribution < 1.29 is 9.53 Å². The number of hydrogen-bond donors (Lipinski definition) is 0. The molecule has 142 valence electrons. The highest BCUT2D eigenvalue weighted by Gasteiger charge is 2.24. The van der Waals surface area contributed by atoms with E-state index < -0.39 is 0 Å². The smallest absolute Gasteiger partial charge is 0.253 e. The molecule has 1 atom stereocenters. The highest BCUT2D eigenvalue weighted by Crippen LogP contribution is 2.20. The van der Waals surface area contributed by atoms with Gasteiger partial charge in [0.15, 0.2) is 0 Å². The summed E-state index contributed by atoms with van der Waals surface area (Å²) in [6.45, 7) is 4.59. The quantitative estimate of drug-likeness (QED) is 0.707. The third-order valence-electron chi connectivity index (χ3n) is 5.25. The Balaban J connectivity index is 1.74. The second kappa shape index (κ2) is 9.55. The average Bonchev–Trinajstić information content (AvgIpc) is 2.71. The molecule has 3 rings (SSSR count). The molecule has 1 fully saturated rings. The first-order valence-electron chi connectivity index (χ1n) is 9.64. The molecule has 1 saturated heterocycles. The van der Waals surface area contributed by atoms with Gasteiger partial charge in [-0.2, -0.15) is 0 Å². The summed E-state index contributed by atoms with van der Waals surface area (Å²) in [4.78, 5) is 17.5. The van der Waals surface area contributed by atoms with Crippen molar-refractivity contribution >= 4 is 16.7 Å². The van der Waals surface area contributed by atoms with Gasteiger partial charge in [0.05, 0.1) is 13.2 Å². The zero-order valence-corrected chi connectivity index (χ0v) is 16.1. The van der Waals surface area contributed by atoms with Crippen molar-refractivity contribution in [3.63, 3.8) is 0 Å². The van der Waals surface area contributed by atoms with Gasteiger partial charge in [-0.15, -0.1) is 6.42 Å². The van der Waals surface area contributed by atoms with Crippen molar-refractivity contribution in [2.24, 2.45) is 5.92 Å². The first-order chi connectivity index (χ1) is 13.2. The number of fused-ring (bicyclic) bond motifs is 1. The number of piperidine rings is 1. The van der Waals surface area contributed by atoms with Gasteiger partial charge in [0.1, 0.15) is 0 Å². The standard InChI is InChI=1S/C23H28N2O2/c1-3-12-24-13-6-7-19(17-24)18-25(14-15-27-2)23(26)22-11-10-20-8-4-5-9-21(20)16-22/h1,4-5,8-11,16,19H,6-7,12-15,17-18H2,2H3/t19-/m0/s1. The van der Waals surface area contributed by atoms with Gasteiger partial charge in [0.25, 0.3) is 5.91 Å². The molecule has 1 aliphatic heterocycles. The summed E-state index contributed by atoms with van der Waals surface area (Å²) in [5.41, 5.74) is 0.737. The van der Waals surface area contributed by atoms with Crippen LogP contribution in [0.25, 0.3) is 10.8 Å². The van der Waals surface area contributed by atoms with Crippen LogP contribution in [0, 0.1) is 18.3 Å². The molecule has 4 nitrogen and oxygen atoms in total. The van der Waals surface area contributed by atoms with E-state index >= 15 is 0 Å². The second-order valence-electron chi connectivity index (χ2n) is 7.25. The van der Waals surface area contributed by atoms with Gasteiger partial charge in [0, 0.05) is 32.3 Å². The van der Waals surface area contributed by atoms with Crippen LogP contribution in [0.15, 0.2) is 42.5 Å². The van der Waals surface area contributed by atoms with Gasteiger partial charge in [-0.25, -0.2) is 0 Å². The van der Waals surface area contributed by atoms with Crippen molar-refractivity contribution in [3.05, 3.63) is 48.0 Å². The Morgan fingerprint density at radius 2 is 2.11 bits per heavy atom. The molecule has 0 spiro atoms. The lowest BCUT2D eigenvalue weighted by molar-refractivity contribution is 0.0615. The van der Waals surface area contributed by atoms with Gasteiger partial charge in [-0.05, 0) is 48.2 Å². The molecule has 27 heavy (non-hydrogen) atoms. The van der Waals surface area contributed by atoms with Crippen LogP contribution in [0.2, 0.25) is 0 Å². The predicted molar refractivity (Wildman–Crippen MR) is 110 cm³/mol. The van der Waals surface area contributed by atoms with Gasteiger partial charge in [0.2, 0.25) is 0 Å². The highest BCUT2D eigenvalue weighted by molar-refractivity contribution is 5.98. The Labute approximate surface area is 162 Å². The minimum atomic E-state index is 0.0758. The fourth-order valence-electron chi connectivity index (χ4n) is 3.87. The molecule has 1 heterocycles. The van der Waals surface area contributed by atoms with E-state index in [1.165, 1.54) is 0 Å².